The van der Waals surface area contributed by atoms with Crippen molar-refractivity contribution in [2.24, 2.45) is 0 Å². The summed E-state index contributed by atoms with van der Waals surface area (Å²) in [6, 6.07) is 1.41. The van der Waals surface area contributed by atoms with Crippen molar-refractivity contribution in [1.29, 1.82) is 0 Å². The topological polar surface area (TPSA) is 20.2 Å². The van der Waals surface area contributed by atoms with Crippen LogP contribution in [0.25, 0.3) is 0 Å². The van der Waals surface area contributed by atoms with Crippen molar-refractivity contribution in [3.8, 4) is 0 Å². The van der Waals surface area contributed by atoms with Gasteiger partial charge < -0.3 is 5.11 Å². The van der Waals surface area contributed by atoms with E-state index in [1.165, 1.54) is 6.04 Å². The Bertz CT molecular complexity index is 40.6. The van der Waals surface area contributed by atoms with Crippen molar-refractivity contribution < 1.29 is 37.8 Å². The summed E-state index contributed by atoms with van der Waals surface area (Å²) in [5.41, 5.74) is 0. The minimum Gasteiger partial charge on any atom is -0.396 e. The van der Waals surface area contributed by atoms with E-state index >= 15 is 0 Å². The van der Waals surface area contributed by atoms with Gasteiger partial charge in [-0.05, 0) is 6.42 Å². The Morgan fingerprint density at radius 1 is 1.20 bits per heavy atom. The molecule has 0 saturated heterocycles. The Morgan fingerprint density at radius 2 is 1.40 bits per heavy atom. The van der Waals surface area contributed by atoms with Gasteiger partial charge in [0.2, 0.25) is 0 Å². The average Bonchev–Trinajstić information content (AvgIpc) is 1.89. The molecule has 0 aromatic heterocycles. The first-order chi connectivity index (χ1) is 4.18. The second kappa shape index (κ2) is 16.7. The Labute approximate surface area is 92.1 Å². The second-order valence-electron chi connectivity index (χ2n) is 2.28. The van der Waals surface area contributed by atoms with Crippen molar-refractivity contribution in [2.45, 2.75) is 39.4 Å². The molecule has 0 bridgehead atoms. The minimum atomic E-state index is 0. The summed E-state index contributed by atoms with van der Waals surface area (Å²) in [6.45, 7) is 9.14. The first-order valence-corrected chi connectivity index (χ1v) is 6.29. The minimum absolute atomic E-state index is 0. The molecule has 0 atom stereocenters. The smallest absolute Gasteiger partial charge is 0.0428 e. The van der Waals surface area contributed by atoms with Gasteiger partial charge in [0.05, 0.1) is 0 Å². The van der Waals surface area contributed by atoms with Crippen LogP contribution in [0.15, 0.2) is 0 Å². The molecule has 2 radical (unpaired) electrons. The molecule has 0 aromatic carbocycles. The van der Waals surface area contributed by atoms with Crippen LogP contribution >= 0.6 is 0 Å². The third-order valence-corrected chi connectivity index (χ3v) is 2.34. The van der Waals surface area contributed by atoms with E-state index in [1.807, 2.05) is 6.92 Å². The predicted molar refractivity (Wildman–Crippen MR) is 45.3 cm³/mol. The molecule has 0 aromatic rings. The van der Waals surface area contributed by atoms with Crippen molar-refractivity contribution >= 4 is 8.80 Å². The van der Waals surface area contributed by atoms with Crippen LogP contribution in [0.2, 0.25) is 19.1 Å². The molecule has 0 aliphatic rings. The van der Waals surface area contributed by atoms with E-state index in [0.717, 1.165) is 6.42 Å². The van der Waals surface area contributed by atoms with Gasteiger partial charge in [-0.1, -0.05) is 33.0 Å². The third kappa shape index (κ3) is 34.7. The molecule has 0 aliphatic heterocycles. The van der Waals surface area contributed by atoms with Crippen LogP contribution in [-0.2, 0) is 32.7 Å². The summed E-state index contributed by atoms with van der Waals surface area (Å²) in [5, 5.41) is 7.88. The molecule has 0 heterocycles. The maximum atomic E-state index is 7.88. The van der Waals surface area contributed by atoms with Gasteiger partial charge in [-0.15, -0.1) is 0 Å². The zero-order valence-electron chi connectivity index (χ0n) is 7.65. The Kier molecular flexibility index (Phi) is 29.0. The molecule has 0 amide bonds. The maximum absolute atomic E-state index is 7.88. The molecule has 0 spiro atoms. The first kappa shape index (κ1) is 17.4. The summed E-state index contributed by atoms with van der Waals surface area (Å²) in [4.78, 5) is 0. The van der Waals surface area contributed by atoms with Gasteiger partial charge in [-0.2, -0.15) is 0 Å². The third-order valence-electron chi connectivity index (χ3n) is 0.931. The standard InChI is InChI=1S/C4H11Si.C3H8O.Y/c1-4-5(2)3;1-2-3-4;/h4H2,1-3H3;4H,2-3H2,1H3;. The first-order valence-electron chi connectivity index (χ1n) is 3.58. The fourth-order valence-electron chi connectivity index (χ4n) is 0. The van der Waals surface area contributed by atoms with E-state index in [9.17, 15) is 0 Å². The molecule has 10 heavy (non-hydrogen) atoms. The van der Waals surface area contributed by atoms with E-state index in [-0.39, 0.29) is 41.5 Å². The van der Waals surface area contributed by atoms with Crippen LogP contribution in [-0.4, -0.2) is 20.5 Å². The molecule has 0 fully saturated rings. The zero-order chi connectivity index (χ0) is 7.70. The molecule has 0 unspecified atom stereocenters. The Balaban J connectivity index is -0.0000000910. The zero-order valence-corrected chi connectivity index (χ0v) is 11.5. The normalized spacial score (nSPS) is 7.80. The van der Waals surface area contributed by atoms with Gasteiger partial charge in [0.25, 0.3) is 0 Å². The van der Waals surface area contributed by atoms with Crippen molar-refractivity contribution in [3.63, 3.8) is 0 Å². The Hall–Kier alpha value is 1.28. The van der Waals surface area contributed by atoms with Gasteiger partial charge in [-0.25, -0.2) is 0 Å². The van der Waals surface area contributed by atoms with Gasteiger partial charge in [0, 0.05) is 48.1 Å². The average molecular weight is 236 g/mol. The monoisotopic (exact) mass is 236 g/mol. The fraction of sp³-hybridized carbons (Fsp3) is 1.00. The van der Waals surface area contributed by atoms with E-state index in [0.29, 0.717) is 6.61 Å². The van der Waals surface area contributed by atoms with Gasteiger partial charge >= 0.3 is 0 Å². The summed E-state index contributed by atoms with van der Waals surface area (Å²) < 4.78 is 0. The Morgan fingerprint density at radius 3 is 1.40 bits per heavy atom. The maximum Gasteiger partial charge on any atom is 0.0428 e. The molecule has 0 saturated carbocycles. The van der Waals surface area contributed by atoms with Crippen LogP contribution in [0.1, 0.15) is 20.3 Å². The summed E-state index contributed by atoms with van der Waals surface area (Å²) in [6.07, 6.45) is 0.875. The molecule has 0 rings (SSSR count). The van der Waals surface area contributed by atoms with Crippen LogP contribution in [0.4, 0.5) is 0 Å². The predicted octanol–water partition coefficient (Wildman–Crippen LogP) is 2.15. The van der Waals surface area contributed by atoms with Gasteiger partial charge in [0.1, 0.15) is 0 Å². The molecule has 1 nitrogen and oxygen atoms in total. The quantitative estimate of drug-likeness (QED) is 0.728. The van der Waals surface area contributed by atoms with Gasteiger partial charge in [0.15, 0.2) is 0 Å². The van der Waals surface area contributed by atoms with E-state index in [4.69, 9.17) is 5.11 Å². The molecular weight excluding hydrogens is 217 g/mol. The SMILES string of the molecule is CCCO.CC[Si](C)C.[Y]. The molecular formula is C7H19OSiY. The molecule has 0 aliphatic carbocycles. The number of hydrogen-bond acceptors (Lipinski definition) is 1. The summed E-state index contributed by atoms with van der Waals surface area (Å²) in [5.74, 6) is 0. The van der Waals surface area contributed by atoms with Crippen LogP contribution in [0, 0.1) is 0 Å². The van der Waals surface area contributed by atoms with E-state index in [1.54, 1.807) is 0 Å². The largest absolute Gasteiger partial charge is 0.396 e. The fourth-order valence-corrected chi connectivity index (χ4v) is 0. The van der Waals surface area contributed by atoms with Gasteiger partial charge in [-0.3, -0.25) is 0 Å². The van der Waals surface area contributed by atoms with E-state index < -0.39 is 0 Å². The molecule has 1 N–H and O–H groups in total. The van der Waals surface area contributed by atoms with Crippen molar-refractivity contribution in [3.05, 3.63) is 0 Å². The molecule has 3 heteroatoms. The van der Waals surface area contributed by atoms with Crippen LogP contribution < -0.4 is 0 Å². The second-order valence-corrected chi connectivity index (χ2v) is 5.41. The number of aliphatic hydroxyl groups is 1. The number of rotatable bonds is 2. The van der Waals surface area contributed by atoms with Crippen molar-refractivity contribution in [2.75, 3.05) is 6.61 Å². The van der Waals surface area contributed by atoms with E-state index in [2.05, 4.69) is 20.0 Å². The molecule has 60 valence electrons. The van der Waals surface area contributed by atoms with Crippen LogP contribution in [0.5, 0.6) is 0 Å². The summed E-state index contributed by atoms with van der Waals surface area (Å²) >= 11 is 0. The number of hydrogen-bond donors (Lipinski definition) is 1. The number of aliphatic hydroxyl groups excluding tert-OH is 1. The van der Waals surface area contributed by atoms with Crippen molar-refractivity contribution in [1.82, 2.24) is 0 Å². The summed E-state index contributed by atoms with van der Waals surface area (Å²) in [7, 11) is 0.126. The van der Waals surface area contributed by atoms with Crippen LogP contribution in [0.3, 0.4) is 0 Å².